The van der Waals surface area contributed by atoms with Crippen molar-refractivity contribution in [1.82, 2.24) is 0 Å². The van der Waals surface area contributed by atoms with E-state index in [1.165, 1.54) is 20.5 Å². The maximum Gasteiger partial charge on any atom is 0.341 e. The third-order valence-corrected chi connectivity index (χ3v) is 3.92. The van der Waals surface area contributed by atoms with Gasteiger partial charge in [0, 0.05) is 0 Å². The van der Waals surface area contributed by atoms with Crippen molar-refractivity contribution in [3.05, 3.63) is 76.5 Å². The molecule has 126 valence electrons. The Morgan fingerprint density at radius 3 is 2.46 bits per heavy atom. The topological polar surface area (TPSA) is 55.8 Å². The molecular formula is C20H22O4. The highest BCUT2D eigenvalue weighted by Gasteiger charge is 2.22. The van der Waals surface area contributed by atoms with Crippen molar-refractivity contribution in [2.24, 2.45) is 0 Å². The van der Waals surface area contributed by atoms with Crippen LogP contribution in [0.1, 0.15) is 33.9 Å². The van der Waals surface area contributed by atoms with Crippen molar-refractivity contribution in [3.8, 4) is 0 Å². The van der Waals surface area contributed by atoms with E-state index in [-0.39, 0.29) is 5.57 Å². The number of esters is 1. The number of aryl methyl sites for hydroxylation is 2. The Hall–Kier alpha value is -2.59. The lowest BCUT2D eigenvalue weighted by atomic mass is 9.90. The number of benzene rings is 2. The number of aliphatic hydroxyl groups is 1. The Morgan fingerprint density at radius 2 is 1.79 bits per heavy atom. The molecule has 1 unspecified atom stereocenters. The standard InChI is InChI=1S/C20H22O4/c1-13-9-10-14(2)17(11-13)19(21)16-8-6-5-7-15(16)18(12-23-3)20(22)24-4/h5-12,19,21H,1-4H3. The molecule has 2 rings (SSSR count). The fourth-order valence-electron chi connectivity index (χ4n) is 2.65. The van der Waals surface area contributed by atoms with Crippen LogP contribution in [0.15, 0.2) is 48.7 Å². The summed E-state index contributed by atoms with van der Waals surface area (Å²) in [6, 6.07) is 13.1. The van der Waals surface area contributed by atoms with Gasteiger partial charge in [-0.3, -0.25) is 0 Å². The highest BCUT2D eigenvalue weighted by molar-refractivity contribution is 6.16. The molecule has 0 aliphatic carbocycles. The number of carbonyl (C=O) groups excluding carboxylic acids is 1. The van der Waals surface area contributed by atoms with Gasteiger partial charge in [-0.2, -0.15) is 0 Å². The number of hydrogen-bond donors (Lipinski definition) is 1. The highest BCUT2D eigenvalue weighted by atomic mass is 16.5. The van der Waals surface area contributed by atoms with Crippen molar-refractivity contribution in [2.45, 2.75) is 20.0 Å². The molecule has 0 heterocycles. The van der Waals surface area contributed by atoms with Gasteiger partial charge >= 0.3 is 5.97 Å². The largest absolute Gasteiger partial charge is 0.503 e. The van der Waals surface area contributed by atoms with Crippen molar-refractivity contribution < 1.29 is 19.4 Å². The number of methoxy groups -OCH3 is 2. The van der Waals surface area contributed by atoms with Gasteiger partial charge in [0.2, 0.25) is 0 Å². The number of aliphatic hydroxyl groups excluding tert-OH is 1. The molecule has 0 saturated carbocycles. The van der Waals surface area contributed by atoms with Crippen LogP contribution in [-0.4, -0.2) is 25.3 Å². The summed E-state index contributed by atoms with van der Waals surface area (Å²) in [5.41, 5.74) is 4.33. The van der Waals surface area contributed by atoms with Gasteiger partial charge in [0.05, 0.1) is 20.5 Å². The Balaban J connectivity index is 2.58. The van der Waals surface area contributed by atoms with Crippen molar-refractivity contribution in [3.63, 3.8) is 0 Å². The molecule has 0 radical (unpaired) electrons. The average Bonchev–Trinajstić information content (AvgIpc) is 2.60. The molecule has 2 aromatic rings. The zero-order valence-electron chi connectivity index (χ0n) is 14.4. The van der Waals surface area contributed by atoms with E-state index >= 15 is 0 Å². The van der Waals surface area contributed by atoms with Gasteiger partial charge in [-0.25, -0.2) is 4.79 Å². The second kappa shape index (κ2) is 7.79. The van der Waals surface area contributed by atoms with E-state index in [2.05, 4.69) is 0 Å². The summed E-state index contributed by atoms with van der Waals surface area (Å²) >= 11 is 0. The average molecular weight is 326 g/mol. The van der Waals surface area contributed by atoms with Gasteiger partial charge in [0.1, 0.15) is 11.7 Å². The lowest BCUT2D eigenvalue weighted by molar-refractivity contribution is -0.133. The number of hydrogen-bond acceptors (Lipinski definition) is 4. The van der Waals surface area contributed by atoms with E-state index < -0.39 is 12.1 Å². The molecule has 2 aromatic carbocycles. The molecule has 4 nitrogen and oxygen atoms in total. The monoisotopic (exact) mass is 326 g/mol. The molecule has 0 aliphatic heterocycles. The van der Waals surface area contributed by atoms with E-state index in [0.717, 1.165) is 16.7 Å². The van der Waals surface area contributed by atoms with Crippen LogP contribution in [0.2, 0.25) is 0 Å². The van der Waals surface area contributed by atoms with Crippen molar-refractivity contribution >= 4 is 11.5 Å². The summed E-state index contributed by atoms with van der Waals surface area (Å²) in [6.45, 7) is 3.93. The van der Waals surface area contributed by atoms with Crippen LogP contribution in [0.25, 0.3) is 5.57 Å². The number of carbonyl (C=O) groups is 1. The molecule has 4 heteroatoms. The Kier molecular flexibility index (Phi) is 5.77. The molecule has 0 amide bonds. The van der Waals surface area contributed by atoms with Crippen LogP contribution in [0.4, 0.5) is 0 Å². The van der Waals surface area contributed by atoms with Crippen LogP contribution in [0, 0.1) is 13.8 Å². The van der Waals surface area contributed by atoms with Crippen LogP contribution in [0.5, 0.6) is 0 Å². The van der Waals surface area contributed by atoms with Crippen LogP contribution < -0.4 is 0 Å². The van der Waals surface area contributed by atoms with E-state index in [4.69, 9.17) is 9.47 Å². The van der Waals surface area contributed by atoms with Crippen LogP contribution in [-0.2, 0) is 14.3 Å². The maximum atomic E-state index is 12.1. The van der Waals surface area contributed by atoms with E-state index in [1.807, 2.05) is 38.1 Å². The fourth-order valence-corrected chi connectivity index (χ4v) is 2.65. The molecule has 24 heavy (non-hydrogen) atoms. The van der Waals surface area contributed by atoms with Gasteiger partial charge in [-0.1, -0.05) is 48.0 Å². The summed E-state index contributed by atoms with van der Waals surface area (Å²) in [5.74, 6) is -0.516. The van der Waals surface area contributed by atoms with E-state index in [0.29, 0.717) is 11.1 Å². The molecule has 0 fully saturated rings. The Morgan fingerprint density at radius 1 is 1.08 bits per heavy atom. The molecule has 1 N–H and O–H groups in total. The number of ether oxygens (including phenoxy) is 2. The van der Waals surface area contributed by atoms with Gasteiger partial charge < -0.3 is 14.6 Å². The first-order valence-electron chi connectivity index (χ1n) is 7.65. The highest BCUT2D eigenvalue weighted by Crippen LogP contribution is 2.31. The molecule has 0 aromatic heterocycles. The van der Waals surface area contributed by atoms with E-state index in [1.54, 1.807) is 18.2 Å². The summed E-state index contributed by atoms with van der Waals surface area (Å²) in [6.07, 6.45) is 0.478. The smallest absolute Gasteiger partial charge is 0.341 e. The third-order valence-electron chi connectivity index (χ3n) is 3.92. The van der Waals surface area contributed by atoms with E-state index in [9.17, 15) is 9.90 Å². The van der Waals surface area contributed by atoms with Crippen molar-refractivity contribution in [1.29, 1.82) is 0 Å². The summed E-state index contributed by atoms with van der Waals surface area (Å²) in [4.78, 5) is 12.1. The van der Waals surface area contributed by atoms with Gasteiger partial charge in [0.15, 0.2) is 0 Å². The normalized spacial score (nSPS) is 12.6. The predicted molar refractivity (Wildman–Crippen MR) is 93.4 cm³/mol. The SMILES string of the molecule is COC=C(C(=O)OC)c1ccccc1C(O)c1cc(C)ccc1C. The lowest BCUT2D eigenvalue weighted by Gasteiger charge is -2.19. The first-order chi connectivity index (χ1) is 11.5. The predicted octanol–water partition coefficient (Wildman–Crippen LogP) is 3.55. The molecule has 1 atom stereocenters. The second-order valence-electron chi connectivity index (χ2n) is 5.61. The minimum atomic E-state index is -0.856. The Labute approximate surface area is 142 Å². The zero-order valence-corrected chi connectivity index (χ0v) is 14.4. The van der Waals surface area contributed by atoms with Crippen LogP contribution in [0.3, 0.4) is 0 Å². The summed E-state index contributed by atoms with van der Waals surface area (Å²) in [5, 5.41) is 10.9. The lowest BCUT2D eigenvalue weighted by Crippen LogP contribution is -2.10. The van der Waals surface area contributed by atoms with Gasteiger partial charge in [0.25, 0.3) is 0 Å². The quantitative estimate of drug-likeness (QED) is 0.519. The summed E-state index contributed by atoms with van der Waals surface area (Å²) in [7, 11) is 2.78. The molecule has 0 bridgehead atoms. The minimum Gasteiger partial charge on any atom is -0.503 e. The number of rotatable bonds is 5. The molecular weight excluding hydrogens is 304 g/mol. The maximum absolute atomic E-state index is 12.1. The second-order valence-corrected chi connectivity index (χ2v) is 5.61. The third kappa shape index (κ3) is 3.66. The molecule has 0 aliphatic rings. The molecule has 0 saturated heterocycles. The first-order valence-corrected chi connectivity index (χ1v) is 7.65. The van der Waals surface area contributed by atoms with Gasteiger partial charge in [-0.15, -0.1) is 0 Å². The zero-order chi connectivity index (χ0) is 17.7. The Bertz CT molecular complexity index is 762. The van der Waals surface area contributed by atoms with Crippen molar-refractivity contribution in [2.75, 3.05) is 14.2 Å². The summed E-state index contributed by atoms with van der Waals surface area (Å²) < 4.78 is 9.85. The fraction of sp³-hybridized carbons (Fsp3) is 0.250. The first kappa shape index (κ1) is 17.8. The minimum absolute atomic E-state index is 0.264. The van der Waals surface area contributed by atoms with Gasteiger partial charge in [-0.05, 0) is 36.1 Å². The molecule has 0 spiro atoms. The van der Waals surface area contributed by atoms with Crippen LogP contribution >= 0.6 is 0 Å².